The summed E-state index contributed by atoms with van der Waals surface area (Å²) in [6, 6.07) is 11.2. The van der Waals surface area contributed by atoms with Crippen molar-refractivity contribution in [3.05, 3.63) is 53.9 Å². The molecule has 1 aromatic heterocycles. The Balaban J connectivity index is 0.00000385. The van der Waals surface area contributed by atoms with Gasteiger partial charge < -0.3 is 20.6 Å². The molecule has 2 atom stereocenters. The Morgan fingerprint density at radius 1 is 1.21 bits per heavy atom. The number of likely N-dealkylation sites (N-methyl/N-ethyl adjacent to an activating group) is 1. The fourth-order valence-electron chi connectivity index (χ4n) is 4.07. The van der Waals surface area contributed by atoms with E-state index >= 15 is 0 Å². The SMILES string of the molecule is CCNC(=NCC(C)(O)c1cnn(C)c1)NCCCN1CCN(C)CC1c1ccccc1.I. The van der Waals surface area contributed by atoms with E-state index in [1.54, 1.807) is 17.8 Å². The van der Waals surface area contributed by atoms with E-state index in [4.69, 9.17) is 0 Å². The molecule has 3 N–H and O–H groups in total. The van der Waals surface area contributed by atoms with Crippen LogP contribution in [0.4, 0.5) is 0 Å². The summed E-state index contributed by atoms with van der Waals surface area (Å²) >= 11 is 0. The molecule has 1 saturated heterocycles. The van der Waals surface area contributed by atoms with Gasteiger partial charge in [-0.3, -0.25) is 9.58 Å². The van der Waals surface area contributed by atoms with Crippen LogP contribution in [-0.2, 0) is 12.6 Å². The Labute approximate surface area is 215 Å². The number of piperazine rings is 1. The average molecular weight is 570 g/mol. The Morgan fingerprint density at radius 3 is 2.64 bits per heavy atom. The van der Waals surface area contributed by atoms with Crippen molar-refractivity contribution >= 4 is 29.9 Å². The molecule has 33 heavy (non-hydrogen) atoms. The van der Waals surface area contributed by atoms with E-state index in [2.05, 4.69) is 67.9 Å². The lowest BCUT2D eigenvalue weighted by atomic mass is 10.0. The maximum Gasteiger partial charge on any atom is 0.191 e. The maximum atomic E-state index is 10.8. The highest BCUT2D eigenvalue weighted by Gasteiger charge is 2.26. The molecule has 9 heteroatoms. The average Bonchev–Trinajstić information content (AvgIpc) is 3.23. The van der Waals surface area contributed by atoms with Gasteiger partial charge in [0.15, 0.2) is 5.96 Å². The summed E-state index contributed by atoms with van der Waals surface area (Å²) in [7, 11) is 4.05. The monoisotopic (exact) mass is 569 g/mol. The molecule has 0 saturated carbocycles. The number of guanidine groups is 1. The Bertz CT molecular complexity index is 856. The third-order valence-electron chi connectivity index (χ3n) is 6.01. The number of hydrogen-bond donors (Lipinski definition) is 3. The minimum absolute atomic E-state index is 0. The van der Waals surface area contributed by atoms with Crippen LogP contribution in [0, 0.1) is 0 Å². The Hall–Kier alpha value is -1.69. The molecular formula is C24H40IN7O. The smallest absolute Gasteiger partial charge is 0.191 e. The van der Waals surface area contributed by atoms with Crippen LogP contribution >= 0.6 is 24.0 Å². The van der Waals surface area contributed by atoms with Crippen LogP contribution in [0.2, 0.25) is 0 Å². The second kappa shape index (κ2) is 13.3. The van der Waals surface area contributed by atoms with Crippen molar-refractivity contribution in [1.29, 1.82) is 0 Å². The first kappa shape index (κ1) is 27.6. The summed E-state index contributed by atoms with van der Waals surface area (Å²) in [5.41, 5.74) is 1.10. The highest BCUT2D eigenvalue weighted by Crippen LogP contribution is 2.24. The Morgan fingerprint density at radius 2 is 1.97 bits per heavy atom. The lowest BCUT2D eigenvalue weighted by Crippen LogP contribution is -2.47. The minimum atomic E-state index is -1.06. The zero-order valence-electron chi connectivity index (χ0n) is 20.4. The molecule has 184 valence electrons. The molecule has 0 amide bonds. The van der Waals surface area contributed by atoms with E-state index in [-0.39, 0.29) is 30.5 Å². The van der Waals surface area contributed by atoms with Crippen LogP contribution in [0.3, 0.4) is 0 Å². The molecule has 0 radical (unpaired) electrons. The first-order valence-corrected chi connectivity index (χ1v) is 11.6. The number of nitrogens with one attached hydrogen (secondary N) is 2. The fraction of sp³-hybridized carbons (Fsp3) is 0.583. The number of benzene rings is 1. The van der Waals surface area contributed by atoms with Crippen LogP contribution in [0.15, 0.2) is 47.7 Å². The molecule has 0 spiro atoms. The number of aliphatic imine (C=N–C) groups is 1. The highest BCUT2D eigenvalue weighted by molar-refractivity contribution is 14.0. The summed E-state index contributed by atoms with van der Waals surface area (Å²) < 4.78 is 1.69. The summed E-state index contributed by atoms with van der Waals surface area (Å²) in [4.78, 5) is 9.62. The predicted octanol–water partition coefficient (Wildman–Crippen LogP) is 2.18. The zero-order chi connectivity index (χ0) is 23.0. The first-order valence-electron chi connectivity index (χ1n) is 11.6. The van der Waals surface area contributed by atoms with E-state index in [9.17, 15) is 5.11 Å². The normalized spacial score (nSPS) is 19.5. The second-order valence-electron chi connectivity index (χ2n) is 8.88. The predicted molar refractivity (Wildman–Crippen MR) is 145 cm³/mol. The Kier molecular flexibility index (Phi) is 11.1. The third-order valence-corrected chi connectivity index (χ3v) is 6.01. The summed E-state index contributed by atoms with van der Waals surface area (Å²) in [6.45, 7) is 9.96. The van der Waals surface area contributed by atoms with Gasteiger partial charge in [0.05, 0.1) is 12.7 Å². The molecule has 2 heterocycles. The van der Waals surface area contributed by atoms with Crippen molar-refractivity contribution in [3.8, 4) is 0 Å². The maximum absolute atomic E-state index is 10.8. The molecule has 1 aromatic carbocycles. The van der Waals surface area contributed by atoms with Crippen molar-refractivity contribution in [2.24, 2.45) is 12.0 Å². The van der Waals surface area contributed by atoms with Gasteiger partial charge in [-0.25, -0.2) is 4.99 Å². The first-order chi connectivity index (χ1) is 15.4. The van der Waals surface area contributed by atoms with Gasteiger partial charge in [0, 0.05) is 64.1 Å². The molecule has 0 aliphatic carbocycles. The number of hydrogen-bond acceptors (Lipinski definition) is 5. The largest absolute Gasteiger partial charge is 0.383 e. The molecule has 8 nitrogen and oxygen atoms in total. The van der Waals surface area contributed by atoms with E-state index in [1.807, 2.05) is 20.2 Å². The van der Waals surface area contributed by atoms with Crippen LogP contribution in [0.25, 0.3) is 0 Å². The van der Waals surface area contributed by atoms with E-state index in [0.717, 1.165) is 57.2 Å². The van der Waals surface area contributed by atoms with Gasteiger partial charge in [-0.15, -0.1) is 24.0 Å². The molecule has 1 aliphatic heterocycles. The summed E-state index contributed by atoms with van der Waals surface area (Å²) in [5, 5.41) is 21.6. The quantitative estimate of drug-likeness (QED) is 0.186. The number of halogens is 1. The number of nitrogens with zero attached hydrogens (tertiary/aromatic N) is 5. The van der Waals surface area contributed by atoms with Crippen molar-refractivity contribution in [3.63, 3.8) is 0 Å². The van der Waals surface area contributed by atoms with Gasteiger partial charge in [0.25, 0.3) is 0 Å². The summed E-state index contributed by atoms with van der Waals surface area (Å²) in [6.07, 6.45) is 4.54. The fourth-order valence-corrected chi connectivity index (χ4v) is 4.07. The van der Waals surface area contributed by atoms with E-state index < -0.39 is 5.60 Å². The molecule has 1 aliphatic rings. The van der Waals surface area contributed by atoms with Gasteiger partial charge >= 0.3 is 0 Å². The van der Waals surface area contributed by atoms with Gasteiger partial charge in [-0.1, -0.05) is 30.3 Å². The van der Waals surface area contributed by atoms with E-state index in [0.29, 0.717) is 6.04 Å². The minimum Gasteiger partial charge on any atom is -0.383 e. The number of rotatable bonds is 9. The van der Waals surface area contributed by atoms with Crippen LogP contribution in [0.5, 0.6) is 0 Å². The van der Waals surface area contributed by atoms with E-state index in [1.165, 1.54) is 5.56 Å². The zero-order valence-corrected chi connectivity index (χ0v) is 22.7. The lowest BCUT2D eigenvalue weighted by molar-refractivity contribution is 0.0671. The van der Waals surface area contributed by atoms with Crippen LogP contribution in [0.1, 0.15) is 37.4 Å². The van der Waals surface area contributed by atoms with Crippen molar-refractivity contribution < 1.29 is 5.11 Å². The number of aryl methyl sites for hydroxylation is 1. The highest BCUT2D eigenvalue weighted by atomic mass is 127. The van der Waals surface area contributed by atoms with Crippen molar-refractivity contribution in [1.82, 2.24) is 30.2 Å². The van der Waals surface area contributed by atoms with Gasteiger partial charge in [-0.2, -0.15) is 5.10 Å². The molecule has 2 aromatic rings. The van der Waals surface area contributed by atoms with Gasteiger partial charge in [0.1, 0.15) is 5.60 Å². The van der Waals surface area contributed by atoms with Crippen LogP contribution < -0.4 is 10.6 Å². The molecule has 1 fully saturated rings. The lowest BCUT2D eigenvalue weighted by Gasteiger charge is -2.40. The van der Waals surface area contributed by atoms with Gasteiger partial charge in [0.2, 0.25) is 0 Å². The van der Waals surface area contributed by atoms with Crippen molar-refractivity contribution in [2.45, 2.75) is 31.9 Å². The second-order valence-corrected chi connectivity index (χ2v) is 8.88. The standard InChI is InChI=1S/C24H39N7O.HI/c1-5-25-23(27-19-24(2,32)21-16-28-30(4)17-21)26-12-9-13-31-15-14-29(3)18-22(31)20-10-7-6-8-11-20;/h6-8,10-11,16-17,22,32H,5,9,12-15,18-19H2,1-4H3,(H2,25,26,27);1H. The van der Waals surface area contributed by atoms with Crippen LogP contribution in [-0.4, -0.2) is 83.5 Å². The molecule has 0 bridgehead atoms. The third kappa shape index (κ3) is 8.24. The summed E-state index contributed by atoms with van der Waals surface area (Å²) in [5.74, 6) is 0.731. The number of aliphatic hydroxyl groups is 1. The van der Waals surface area contributed by atoms with Gasteiger partial charge in [-0.05, 0) is 32.9 Å². The number of aromatic nitrogens is 2. The topological polar surface area (TPSA) is 80.9 Å². The molecule has 3 rings (SSSR count). The molecular weight excluding hydrogens is 529 g/mol. The van der Waals surface area contributed by atoms with Crippen molar-refractivity contribution in [2.75, 3.05) is 52.9 Å². The molecule has 2 unspecified atom stereocenters.